The predicted octanol–water partition coefficient (Wildman–Crippen LogP) is 2.51. The van der Waals surface area contributed by atoms with Gasteiger partial charge in [0.05, 0.1) is 6.61 Å². The van der Waals surface area contributed by atoms with E-state index in [-0.39, 0.29) is 11.9 Å². The summed E-state index contributed by atoms with van der Waals surface area (Å²) in [6.07, 6.45) is 1.00. The Hall–Kier alpha value is -1.27. The van der Waals surface area contributed by atoms with Crippen molar-refractivity contribution in [2.24, 2.45) is 4.99 Å². The standard InChI is InChI=1S/C15H24FN3OS/c1-12(11-20-3)19-15(17-2)18-9-4-10-21-14-7-5-13(16)6-8-14/h5-8,12H,4,9-11H2,1-3H3,(H2,17,18,19). The minimum atomic E-state index is -0.193. The number of halogens is 1. The van der Waals surface area contributed by atoms with Crippen LogP contribution < -0.4 is 10.6 Å². The molecule has 0 saturated carbocycles. The summed E-state index contributed by atoms with van der Waals surface area (Å²) in [5.41, 5.74) is 0. The monoisotopic (exact) mass is 313 g/mol. The first kappa shape index (κ1) is 17.8. The second-order valence-electron chi connectivity index (χ2n) is 4.66. The smallest absolute Gasteiger partial charge is 0.191 e. The van der Waals surface area contributed by atoms with E-state index in [2.05, 4.69) is 15.6 Å². The van der Waals surface area contributed by atoms with Crippen molar-refractivity contribution in [3.05, 3.63) is 30.1 Å². The van der Waals surface area contributed by atoms with E-state index in [9.17, 15) is 4.39 Å². The predicted molar refractivity (Wildman–Crippen MR) is 87.6 cm³/mol. The molecule has 1 aromatic rings. The lowest BCUT2D eigenvalue weighted by Crippen LogP contribution is -2.44. The number of aliphatic imine (C=N–C) groups is 1. The highest BCUT2D eigenvalue weighted by Gasteiger charge is 2.03. The molecule has 0 heterocycles. The van der Waals surface area contributed by atoms with E-state index in [4.69, 9.17) is 4.74 Å². The molecule has 1 unspecified atom stereocenters. The van der Waals surface area contributed by atoms with Crippen LogP contribution in [0.25, 0.3) is 0 Å². The van der Waals surface area contributed by atoms with E-state index in [0.717, 1.165) is 29.6 Å². The zero-order valence-electron chi connectivity index (χ0n) is 12.9. The topological polar surface area (TPSA) is 45.7 Å². The Morgan fingerprint density at radius 1 is 1.38 bits per heavy atom. The molecule has 0 saturated heterocycles. The zero-order chi connectivity index (χ0) is 15.5. The Morgan fingerprint density at radius 2 is 2.10 bits per heavy atom. The van der Waals surface area contributed by atoms with Gasteiger partial charge in [0, 0.05) is 31.6 Å². The number of benzene rings is 1. The van der Waals surface area contributed by atoms with Crippen LogP contribution in [0.5, 0.6) is 0 Å². The van der Waals surface area contributed by atoms with Gasteiger partial charge in [0.2, 0.25) is 0 Å². The first-order valence-corrected chi connectivity index (χ1v) is 7.98. The number of methoxy groups -OCH3 is 1. The van der Waals surface area contributed by atoms with Crippen LogP contribution in [-0.4, -0.2) is 45.1 Å². The number of nitrogens with zero attached hydrogens (tertiary/aromatic N) is 1. The number of hydrogen-bond acceptors (Lipinski definition) is 3. The molecule has 1 atom stereocenters. The van der Waals surface area contributed by atoms with E-state index in [1.165, 1.54) is 12.1 Å². The van der Waals surface area contributed by atoms with Gasteiger partial charge in [0.15, 0.2) is 5.96 Å². The Kier molecular flexibility index (Phi) is 8.85. The normalized spacial score (nSPS) is 13.0. The lowest BCUT2D eigenvalue weighted by molar-refractivity contribution is 0.179. The van der Waals surface area contributed by atoms with Gasteiger partial charge in [-0.25, -0.2) is 4.39 Å². The van der Waals surface area contributed by atoms with Crippen molar-refractivity contribution in [2.45, 2.75) is 24.3 Å². The maximum Gasteiger partial charge on any atom is 0.191 e. The van der Waals surface area contributed by atoms with Crippen molar-refractivity contribution in [1.29, 1.82) is 0 Å². The summed E-state index contributed by atoms with van der Waals surface area (Å²) in [6.45, 7) is 3.52. The molecular formula is C15H24FN3OS. The molecule has 0 aromatic heterocycles. The summed E-state index contributed by atoms with van der Waals surface area (Å²) in [6, 6.07) is 6.81. The molecule has 0 bridgehead atoms. The molecule has 21 heavy (non-hydrogen) atoms. The molecule has 2 N–H and O–H groups in total. The summed E-state index contributed by atoms with van der Waals surface area (Å²) < 4.78 is 17.8. The number of thioether (sulfide) groups is 1. The number of guanidine groups is 1. The van der Waals surface area contributed by atoms with Crippen LogP contribution in [0.2, 0.25) is 0 Å². The van der Waals surface area contributed by atoms with Gasteiger partial charge < -0.3 is 15.4 Å². The Labute approximate surface area is 130 Å². The lowest BCUT2D eigenvalue weighted by atomic mass is 10.3. The third-order valence-electron chi connectivity index (χ3n) is 2.72. The fourth-order valence-electron chi connectivity index (χ4n) is 1.72. The zero-order valence-corrected chi connectivity index (χ0v) is 13.7. The van der Waals surface area contributed by atoms with Crippen LogP contribution in [0, 0.1) is 5.82 Å². The van der Waals surface area contributed by atoms with E-state index < -0.39 is 0 Å². The van der Waals surface area contributed by atoms with Crippen LogP contribution >= 0.6 is 11.8 Å². The Morgan fingerprint density at radius 3 is 2.71 bits per heavy atom. The largest absolute Gasteiger partial charge is 0.383 e. The van der Waals surface area contributed by atoms with Crippen LogP contribution in [0.3, 0.4) is 0 Å². The molecule has 1 aromatic carbocycles. The van der Waals surface area contributed by atoms with Crippen LogP contribution in [-0.2, 0) is 4.74 Å². The molecule has 0 fully saturated rings. The van der Waals surface area contributed by atoms with Crippen LogP contribution in [0.1, 0.15) is 13.3 Å². The number of hydrogen-bond donors (Lipinski definition) is 2. The summed E-state index contributed by atoms with van der Waals surface area (Å²) in [7, 11) is 3.43. The molecule has 4 nitrogen and oxygen atoms in total. The van der Waals surface area contributed by atoms with E-state index in [1.807, 2.05) is 6.92 Å². The fraction of sp³-hybridized carbons (Fsp3) is 0.533. The molecule has 1 rings (SSSR count). The number of nitrogens with one attached hydrogen (secondary N) is 2. The third-order valence-corrected chi connectivity index (χ3v) is 3.82. The van der Waals surface area contributed by atoms with Gasteiger partial charge in [0.25, 0.3) is 0 Å². The minimum Gasteiger partial charge on any atom is -0.383 e. The van der Waals surface area contributed by atoms with Gasteiger partial charge in [0.1, 0.15) is 5.82 Å². The van der Waals surface area contributed by atoms with Gasteiger partial charge in [-0.15, -0.1) is 11.8 Å². The van der Waals surface area contributed by atoms with Gasteiger partial charge in [-0.1, -0.05) is 0 Å². The number of rotatable bonds is 8. The minimum absolute atomic E-state index is 0.193. The van der Waals surface area contributed by atoms with E-state index >= 15 is 0 Å². The summed E-state index contributed by atoms with van der Waals surface area (Å²) in [4.78, 5) is 5.26. The summed E-state index contributed by atoms with van der Waals surface area (Å²) in [5, 5.41) is 6.51. The maximum absolute atomic E-state index is 12.8. The molecule has 0 radical (unpaired) electrons. The lowest BCUT2D eigenvalue weighted by Gasteiger charge is -2.17. The molecular weight excluding hydrogens is 289 g/mol. The van der Waals surface area contributed by atoms with Crippen molar-refractivity contribution in [3.8, 4) is 0 Å². The summed E-state index contributed by atoms with van der Waals surface area (Å²) >= 11 is 1.72. The summed E-state index contributed by atoms with van der Waals surface area (Å²) in [5.74, 6) is 1.57. The van der Waals surface area contributed by atoms with Crippen molar-refractivity contribution in [1.82, 2.24) is 10.6 Å². The average Bonchev–Trinajstić information content (AvgIpc) is 2.48. The molecule has 0 aliphatic heterocycles. The molecule has 0 spiro atoms. The highest BCUT2D eigenvalue weighted by molar-refractivity contribution is 7.99. The van der Waals surface area contributed by atoms with Crippen molar-refractivity contribution < 1.29 is 9.13 Å². The van der Waals surface area contributed by atoms with Crippen molar-refractivity contribution in [3.63, 3.8) is 0 Å². The second-order valence-corrected chi connectivity index (χ2v) is 5.82. The fourth-order valence-corrected chi connectivity index (χ4v) is 2.57. The first-order valence-electron chi connectivity index (χ1n) is 7.00. The molecule has 0 aliphatic carbocycles. The van der Waals surface area contributed by atoms with Gasteiger partial charge >= 0.3 is 0 Å². The van der Waals surface area contributed by atoms with Crippen LogP contribution in [0.4, 0.5) is 4.39 Å². The third kappa shape index (κ3) is 7.92. The molecule has 0 amide bonds. The maximum atomic E-state index is 12.8. The Balaban J connectivity index is 2.16. The number of ether oxygens (including phenoxy) is 1. The molecule has 6 heteroatoms. The van der Waals surface area contributed by atoms with Gasteiger partial charge in [-0.3, -0.25) is 4.99 Å². The van der Waals surface area contributed by atoms with E-state index in [1.54, 1.807) is 38.1 Å². The SMILES string of the molecule is CN=C(NCCCSc1ccc(F)cc1)NC(C)COC. The first-order chi connectivity index (χ1) is 10.2. The van der Waals surface area contributed by atoms with Gasteiger partial charge in [-0.2, -0.15) is 0 Å². The quantitative estimate of drug-likeness (QED) is 0.335. The molecule has 0 aliphatic rings. The highest BCUT2D eigenvalue weighted by Crippen LogP contribution is 2.18. The Bertz CT molecular complexity index is 425. The highest BCUT2D eigenvalue weighted by atomic mass is 32.2. The van der Waals surface area contributed by atoms with Crippen molar-refractivity contribution in [2.75, 3.05) is 33.1 Å². The average molecular weight is 313 g/mol. The molecule has 118 valence electrons. The van der Waals surface area contributed by atoms with Gasteiger partial charge in [-0.05, 0) is 43.4 Å². The van der Waals surface area contributed by atoms with E-state index in [0.29, 0.717) is 6.61 Å². The van der Waals surface area contributed by atoms with Crippen LogP contribution in [0.15, 0.2) is 34.2 Å². The second kappa shape index (κ2) is 10.5. The van der Waals surface area contributed by atoms with Crippen molar-refractivity contribution >= 4 is 17.7 Å².